The molecule has 0 saturated carbocycles. The van der Waals surface area contributed by atoms with Gasteiger partial charge in [-0.1, -0.05) is 19.9 Å². The number of sulfonamides is 1. The lowest BCUT2D eigenvalue weighted by Gasteiger charge is -2.20. The summed E-state index contributed by atoms with van der Waals surface area (Å²) in [6, 6.07) is 9.99. The van der Waals surface area contributed by atoms with Gasteiger partial charge in [-0.2, -0.15) is 4.31 Å². The summed E-state index contributed by atoms with van der Waals surface area (Å²) in [5, 5.41) is 2.70. The van der Waals surface area contributed by atoms with E-state index < -0.39 is 15.9 Å². The first kappa shape index (κ1) is 24.2. The Morgan fingerprint density at radius 3 is 2.30 bits per heavy atom. The van der Waals surface area contributed by atoms with Gasteiger partial charge in [0, 0.05) is 13.1 Å². The number of anilines is 1. The van der Waals surface area contributed by atoms with Gasteiger partial charge in [0.15, 0.2) is 6.61 Å². The van der Waals surface area contributed by atoms with Crippen LogP contribution in [0.2, 0.25) is 0 Å². The lowest BCUT2D eigenvalue weighted by molar-refractivity contribution is -0.118. The Balaban J connectivity index is 2.22. The van der Waals surface area contributed by atoms with Crippen LogP contribution in [-0.2, 0) is 14.8 Å². The minimum absolute atomic E-state index is 0.0900. The normalized spacial score (nSPS) is 11.4. The maximum Gasteiger partial charge on any atom is 0.262 e. The standard InChI is InChI=1S/C21H27BrN2O5S/c1-5-24(6-2)30(26,27)16-9-11-20(28-7-3)18(13-16)23-21(25)14-29-19-10-8-15(4)12-17(19)22/h8-13H,5-7,14H2,1-4H3,(H,23,25). The van der Waals surface area contributed by atoms with Crippen molar-refractivity contribution in [2.75, 3.05) is 31.6 Å². The third kappa shape index (κ3) is 5.96. The van der Waals surface area contributed by atoms with Gasteiger partial charge in [0.25, 0.3) is 5.91 Å². The van der Waals surface area contributed by atoms with Gasteiger partial charge in [0.05, 0.1) is 21.7 Å². The highest BCUT2D eigenvalue weighted by Crippen LogP contribution is 2.30. The highest BCUT2D eigenvalue weighted by Gasteiger charge is 2.23. The van der Waals surface area contributed by atoms with Crippen molar-refractivity contribution in [2.45, 2.75) is 32.6 Å². The number of nitrogens with one attached hydrogen (secondary N) is 1. The number of benzene rings is 2. The van der Waals surface area contributed by atoms with E-state index >= 15 is 0 Å². The molecule has 0 atom stereocenters. The number of rotatable bonds is 10. The fourth-order valence-corrected chi connectivity index (χ4v) is 4.91. The van der Waals surface area contributed by atoms with Gasteiger partial charge in [0.1, 0.15) is 11.5 Å². The number of halogens is 1. The third-order valence-corrected chi connectivity index (χ3v) is 6.98. The van der Waals surface area contributed by atoms with E-state index in [4.69, 9.17) is 9.47 Å². The summed E-state index contributed by atoms with van der Waals surface area (Å²) in [4.78, 5) is 12.6. The Morgan fingerprint density at radius 1 is 1.03 bits per heavy atom. The number of aryl methyl sites for hydroxylation is 1. The number of ether oxygens (including phenoxy) is 2. The van der Waals surface area contributed by atoms with Crippen LogP contribution in [0.1, 0.15) is 26.3 Å². The molecule has 0 spiro atoms. The highest BCUT2D eigenvalue weighted by atomic mass is 79.9. The molecule has 0 radical (unpaired) electrons. The van der Waals surface area contributed by atoms with E-state index in [1.54, 1.807) is 26.0 Å². The molecule has 1 N–H and O–H groups in total. The van der Waals surface area contributed by atoms with Crippen LogP contribution in [0.3, 0.4) is 0 Å². The fraction of sp³-hybridized carbons (Fsp3) is 0.381. The summed E-state index contributed by atoms with van der Waals surface area (Å²) >= 11 is 3.41. The van der Waals surface area contributed by atoms with E-state index in [1.807, 2.05) is 26.0 Å². The first-order valence-electron chi connectivity index (χ1n) is 9.68. The first-order valence-corrected chi connectivity index (χ1v) is 11.9. The predicted octanol–water partition coefficient (Wildman–Crippen LogP) is 4.20. The van der Waals surface area contributed by atoms with E-state index in [-0.39, 0.29) is 17.2 Å². The number of hydrogen-bond donors (Lipinski definition) is 1. The van der Waals surface area contributed by atoms with E-state index in [0.717, 1.165) is 10.0 Å². The van der Waals surface area contributed by atoms with E-state index in [9.17, 15) is 13.2 Å². The van der Waals surface area contributed by atoms with Crippen molar-refractivity contribution in [3.8, 4) is 11.5 Å². The summed E-state index contributed by atoms with van der Waals surface area (Å²) in [6.45, 7) is 8.16. The molecular weight excluding hydrogens is 472 g/mol. The second-order valence-corrected chi connectivity index (χ2v) is 9.24. The Bertz CT molecular complexity index is 991. The molecule has 2 aromatic rings. The van der Waals surface area contributed by atoms with Gasteiger partial charge < -0.3 is 14.8 Å². The molecule has 7 nitrogen and oxygen atoms in total. The van der Waals surface area contributed by atoms with Crippen LogP contribution in [0.15, 0.2) is 45.8 Å². The second-order valence-electron chi connectivity index (χ2n) is 6.45. The average molecular weight is 499 g/mol. The lowest BCUT2D eigenvalue weighted by atomic mass is 10.2. The van der Waals surface area contributed by atoms with Gasteiger partial charge in [-0.05, 0) is 65.7 Å². The lowest BCUT2D eigenvalue weighted by Crippen LogP contribution is -2.30. The highest BCUT2D eigenvalue weighted by molar-refractivity contribution is 9.10. The van der Waals surface area contributed by atoms with Crippen molar-refractivity contribution in [3.05, 3.63) is 46.4 Å². The van der Waals surface area contributed by atoms with Crippen molar-refractivity contribution < 1.29 is 22.7 Å². The van der Waals surface area contributed by atoms with Crippen LogP contribution in [-0.4, -0.2) is 44.9 Å². The molecule has 0 aliphatic heterocycles. The molecule has 0 aromatic heterocycles. The molecular formula is C21H27BrN2O5S. The second kappa shape index (κ2) is 10.8. The molecule has 0 fully saturated rings. The fourth-order valence-electron chi connectivity index (χ4n) is 2.81. The molecule has 0 unspecified atom stereocenters. The molecule has 30 heavy (non-hydrogen) atoms. The van der Waals surface area contributed by atoms with Gasteiger partial charge >= 0.3 is 0 Å². The number of carbonyl (C=O) groups is 1. The van der Waals surface area contributed by atoms with Crippen molar-refractivity contribution in [1.82, 2.24) is 4.31 Å². The molecule has 0 aliphatic carbocycles. The average Bonchev–Trinajstić information content (AvgIpc) is 2.69. The maximum atomic E-state index is 12.8. The van der Waals surface area contributed by atoms with Crippen LogP contribution in [0.4, 0.5) is 5.69 Å². The summed E-state index contributed by atoms with van der Waals surface area (Å²) in [6.07, 6.45) is 0. The number of nitrogens with zero attached hydrogens (tertiary/aromatic N) is 1. The first-order chi connectivity index (χ1) is 14.2. The molecule has 1 amide bonds. The van der Waals surface area contributed by atoms with Crippen LogP contribution < -0.4 is 14.8 Å². The zero-order valence-electron chi connectivity index (χ0n) is 17.6. The molecule has 9 heteroatoms. The Labute approximate surface area is 186 Å². The van der Waals surface area contributed by atoms with Gasteiger partial charge in [-0.25, -0.2) is 8.42 Å². The number of amides is 1. The molecule has 2 aromatic carbocycles. The zero-order chi connectivity index (χ0) is 22.3. The van der Waals surface area contributed by atoms with Gasteiger partial charge in [0.2, 0.25) is 10.0 Å². The van der Waals surface area contributed by atoms with Crippen molar-refractivity contribution in [3.63, 3.8) is 0 Å². The van der Waals surface area contributed by atoms with Crippen molar-refractivity contribution in [1.29, 1.82) is 0 Å². The van der Waals surface area contributed by atoms with E-state index in [1.165, 1.54) is 16.4 Å². The monoisotopic (exact) mass is 498 g/mol. The largest absolute Gasteiger partial charge is 0.492 e. The molecule has 0 aliphatic rings. The molecule has 0 saturated heterocycles. The third-order valence-electron chi connectivity index (χ3n) is 4.31. The quantitative estimate of drug-likeness (QED) is 0.530. The molecule has 0 heterocycles. The Hall–Kier alpha value is -2.10. The van der Waals surface area contributed by atoms with Crippen LogP contribution in [0.25, 0.3) is 0 Å². The molecule has 164 valence electrons. The zero-order valence-corrected chi connectivity index (χ0v) is 20.0. The minimum Gasteiger partial charge on any atom is -0.492 e. The predicted molar refractivity (Wildman–Crippen MR) is 121 cm³/mol. The smallest absolute Gasteiger partial charge is 0.262 e. The van der Waals surface area contributed by atoms with Crippen LogP contribution in [0.5, 0.6) is 11.5 Å². The number of carbonyl (C=O) groups excluding carboxylic acids is 1. The van der Waals surface area contributed by atoms with Gasteiger partial charge in [-0.15, -0.1) is 0 Å². The Kier molecular flexibility index (Phi) is 8.69. The maximum absolute atomic E-state index is 12.8. The van der Waals surface area contributed by atoms with E-state index in [2.05, 4.69) is 21.2 Å². The summed E-state index contributed by atoms with van der Waals surface area (Å²) in [5.41, 5.74) is 1.34. The minimum atomic E-state index is -3.67. The Morgan fingerprint density at radius 2 is 1.70 bits per heavy atom. The summed E-state index contributed by atoms with van der Waals surface area (Å²) in [5.74, 6) is 0.500. The van der Waals surface area contributed by atoms with Crippen molar-refractivity contribution in [2.24, 2.45) is 0 Å². The van der Waals surface area contributed by atoms with Crippen molar-refractivity contribution >= 4 is 37.5 Å². The SMILES string of the molecule is CCOc1ccc(S(=O)(=O)N(CC)CC)cc1NC(=O)COc1ccc(C)cc1Br. The topological polar surface area (TPSA) is 84.9 Å². The van der Waals surface area contributed by atoms with E-state index in [0.29, 0.717) is 31.2 Å². The summed E-state index contributed by atoms with van der Waals surface area (Å²) in [7, 11) is -3.67. The van der Waals surface area contributed by atoms with Crippen LogP contribution >= 0.6 is 15.9 Å². The number of hydrogen-bond acceptors (Lipinski definition) is 5. The van der Waals surface area contributed by atoms with Crippen LogP contribution in [0, 0.1) is 6.92 Å². The summed E-state index contributed by atoms with van der Waals surface area (Å²) < 4.78 is 38.9. The van der Waals surface area contributed by atoms with Gasteiger partial charge in [-0.3, -0.25) is 4.79 Å². The molecule has 0 bridgehead atoms. The molecule has 2 rings (SSSR count).